The maximum Gasteiger partial charge on any atom is 0.150 e. The van der Waals surface area contributed by atoms with E-state index in [4.69, 9.17) is 4.74 Å². The van der Waals surface area contributed by atoms with Crippen LogP contribution in [0.4, 0.5) is 0 Å². The van der Waals surface area contributed by atoms with Crippen molar-refractivity contribution in [2.45, 2.75) is 37.7 Å². The summed E-state index contributed by atoms with van der Waals surface area (Å²) < 4.78 is 6.41. The number of hydrogen-bond acceptors (Lipinski definition) is 3. The Bertz CT molecular complexity index is 425. The van der Waals surface area contributed by atoms with E-state index in [0.717, 1.165) is 36.4 Å². The highest BCUT2D eigenvalue weighted by molar-refractivity contribution is 9.10. The normalized spacial score (nSPS) is 18.3. The lowest BCUT2D eigenvalue weighted by Crippen LogP contribution is -2.37. The second-order valence-electron chi connectivity index (χ2n) is 4.88. The van der Waals surface area contributed by atoms with Gasteiger partial charge >= 0.3 is 0 Å². The van der Waals surface area contributed by atoms with Gasteiger partial charge in [-0.1, -0.05) is 19.3 Å². The van der Waals surface area contributed by atoms with Crippen molar-refractivity contribution in [1.29, 1.82) is 0 Å². The van der Waals surface area contributed by atoms with E-state index < -0.39 is 5.60 Å². The van der Waals surface area contributed by atoms with Crippen molar-refractivity contribution in [3.63, 3.8) is 0 Å². The summed E-state index contributed by atoms with van der Waals surface area (Å²) in [6.07, 6.45) is 5.72. The van der Waals surface area contributed by atoms with Crippen molar-refractivity contribution < 1.29 is 14.6 Å². The van der Waals surface area contributed by atoms with Gasteiger partial charge in [0.1, 0.15) is 18.6 Å². The Morgan fingerprint density at radius 3 is 2.67 bits per heavy atom. The molecule has 0 heterocycles. The number of halogens is 1. The highest BCUT2D eigenvalue weighted by Gasteiger charge is 2.30. The second-order valence-corrected chi connectivity index (χ2v) is 5.74. The van der Waals surface area contributed by atoms with Crippen LogP contribution in [-0.2, 0) is 0 Å². The van der Waals surface area contributed by atoms with Gasteiger partial charge in [0.15, 0.2) is 0 Å². The maximum atomic E-state index is 10.6. The lowest BCUT2D eigenvalue weighted by Gasteiger charge is -2.31. The highest BCUT2D eigenvalue weighted by atomic mass is 79.9. The summed E-state index contributed by atoms with van der Waals surface area (Å²) in [4.78, 5) is 10.6. The van der Waals surface area contributed by atoms with E-state index in [1.54, 1.807) is 18.2 Å². The van der Waals surface area contributed by atoms with Gasteiger partial charge in [-0.3, -0.25) is 4.79 Å². The second kappa shape index (κ2) is 5.85. The van der Waals surface area contributed by atoms with Crippen molar-refractivity contribution >= 4 is 22.2 Å². The van der Waals surface area contributed by atoms with Gasteiger partial charge in [0.2, 0.25) is 0 Å². The van der Waals surface area contributed by atoms with Gasteiger partial charge in [-0.25, -0.2) is 0 Å². The summed E-state index contributed by atoms with van der Waals surface area (Å²) in [5, 5.41) is 10.3. The van der Waals surface area contributed by atoms with E-state index in [9.17, 15) is 9.90 Å². The third kappa shape index (κ3) is 3.33. The van der Waals surface area contributed by atoms with Crippen molar-refractivity contribution in [2.24, 2.45) is 0 Å². The maximum absolute atomic E-state index is 10.6. The molecule has 1 fully saturated rings. The topological polar surface area (TPSA) is 46.5 Å². The predicted molar refractivity (Wildman–Crippen MR) is 73.1 cm³/mol. The fraction of sp³-hybridized carbons (Fsp3) is 0.500. The average molecular weight is 313 g/mol. The van der Waals surface area contributed by atoms with Crippen LogP contribution in [0, 0.1) is 0 Å². The lowest BCUT2D eigenvalue weighted by atomic mass is 9.85. The number of rotatable bonds is 4. The third-order valence-electron chi connectivity index (χ3n) is 3.37. The van der Waals surface area contributed by atoms with Gasteiger partial charge in [-0.2, -0.15) is 0 Å². The third-order valence-corrected chi connectivity index (χ3v) is 3.99. The minimum Gasteiger partial charge on any atom is -0.489 e. The molecule has 0 amide bonds. The summed E-state index contributed by atoms with van der Waals surface area (Å²) in [5.74, 6) is 0.666. The zero-order valence-electron chi connectivity index (χ0n) is 10.2. The van der Waals surface area contributed by atoms with Crippen LogP contribution in [0.2, 0.25) is 0 Å². The molecule has 1 aliphatic rings. The number of ether oxygens (including phenoxy) is 1. The number of carbonyl (C=O) groups excluding carboxylic acids is 1. The summed E-state index contributed by atoms with van der Waals surface area (Å²) in [6, 6.07) is 5.17. The molecule has 1 aromatic carbocycles. The summed E-state index contributed by atoms with van der Waals surface area (Å²) in [6.45, 7) is 0.312. The molecule has 0 atom stereocenters. The fourth-order valence-corrected chi connectivity index (χ4v) is 2.78. The van der Waals surface area contributed by atoms with E-state index in [0.29, 0.717) is 17.9 Å². The summed E-state index contributed by atoms with van der Waals surface area (Å²) in [7, 11) is 0. The molecule has 3 nitrogen and oxygen atoms in total. The SMILES string of the molecule is O=Cc1ccc(OCC2(O)CCCCC2)c(Br)c1. The largest absolute Gasteiger partial charge is 0.489 e. The lowest BCUT2D eigenvalue weighted by molar-refractivity contribution is -0.0340. The van der Waals surface area contributed by atoms with E-state index in [1.165, 1.54) is 6.42 Å². The molecule has 18 heavy (non-hydrogen) atoms. The van der Waals surface area contributed by atoms with Crippen LogP contribution in [0.3, 0.4) is 0 Å². The fourth-order valence-electron chi connectivity index (χ4n) is 2.27. The standard InChI is InChI=1S/C14H17BrO3/c15-12-8-11(9-16)4-5-13(12)18-10-14(17)6-2-1-3-7-14/h4-5,8-9,17H,1-3,6-7,10H2. The molecule has 1 saturated carbocycles. The van der Waals surface area contributed by atoms with Crippen molar-refractivity contribution in [3.8, 4) is 5.75 Å². The molecule has 1 N–H and O–H groups in total. The highest BCUT2D eigenvalue weighted by Crippen LogP contribution is 2.31. The Labute approximate surface area is 115 Å². The van der Waals surface area contributed by atoms with E-state index in [-0.39, 0.29) is 0 Å². The van der Waals surface area contributed by atoms with Gasteiger partial charge in [-0.15, -0.1) is 0 Å². The molecule has 4 heteroatoms. The number of benzene rings is 1. The number of hydrogen-bond donors (Lipinski definition) is 1. The Hall–Kier alpha value is -0.870. The molecular formula is C14H17BrO3. The number of aliphatic hydroxyl groups is 1. The van der Waals surface area contributed by atoms with Crippen LogP contribution in [0.25, 0.3) is 0 Å². The van der Waals surface area contributed by atoms with Gasteiger partial charge in [0.25, 0.3) is 0 Å². The quantitative estimate of drug-likeness (QED) is 0.867. The van der Waals surface area contributed by atoms with E-state index >= 15 is 0 Å². The van der Waals surface area contributed by atoms with Crippen LogP contribution >= 0.6 is 15.9 Å². The van der Waals surface area contributed by atoms with Crippen molar-refractivity contribution in [1.82, 2.24) is 0 Å². The zero-order valence-corrected chi connectivity index (χ0v) is 11.8. The van der Waals surface area contributed by atoms with E-state index in [2.05, 4.69) is 15.9 Å². The molecule has 0 radical (unpaired) electrons. The molecule has 98 valence electrons. The number of carbonyl (C=O) groups is 1. The monoisotopic (exact) mass is 312 g/mol. The van der Waals surface area contributed by atoms with Crippen LogP contribution in [0.15, 0.2) is 22.7 Å². The molecule has 1 aliphatic carbocycles. The molecule has 2 rings (SSSR count). The van der Waals surface area contributed by atoms with E-state index in [1.807, 2.05) is 0 Å². The first kappa shape index (κ1) is 13.6. The summed E-state index contributed by atoms with van der Waals surface area (Å²) >= 11 is 3.37. The van der Waals surface area contributed by atoms with Crippen LogP contribution in [0.5, 0.6) is 5.75 Å². The Kier molecular flexibility index (Phi) is 4.40. The van der Waals surface area contributed by atoms with Gasteiger partial charge in [-0.05, 0) is 47.0 Å². The first-order valence-electron chi connectivity index (χ1n) is 6.23. The van der Waals surface area contributed by atoms with Crippen molar-refractivity contribution in [3.05, 3.63) is 28.2 Å². The van der Waals surface area contributed by atoms with Crippen molar-refractivity contribution in [2.75, 3.05) is 6.61 Å². The molecule has 0 aliphatic heterocycles. The molecule has 0 aromatic heterocycles. The molecule has 0 bridgehead atoms. The Morgan fingerprint density at radius 1 is 1.33 bits per heavy atom. The molecular weight excluding hydrogens is 296 g/mol. The van der Waals surface area contributed by atoms with Crippen LogP contribution < -0.4 is 4.74 Å². The first-order chi connectivity index (χ1) is 8.63. The molecule has 1 aromatic rings. The zero-order chi connectivity index (χ0) is 13.0. The number of aldehydes is 1. The Morgan fingerprint density at radius 2 is 2.06 bits per heavy atom. The van der Waals surface area contributed by atoms with Gasteiger partial charge < -0.3 is 9.84 Å². The molecule has 0 saturated heterocycles. The molecule has 0 unspecified atom stereocenters. The summed E-state index contributed by atoms with van der Waals surface area (Å²) in [5.41, 5.74) is -0.0910. The van der Waals surface area contributed by atoms with Crippen LogP contribution in [-0.4, -0.2) is 23.6 Å². The van der Waals surface area contributed by atoms with Crippen LogP contribution in [0.1, 0.15) is 42.5 Å². The van der Waals surface area contributed by atoms with Gasteiger partial charge in [0, 0.05) is 5.56 Å². The minimum absolute atomic E-state index is 0.312. The predicted octanol–water partition coefficient (Wildman–Crippen LogP) is 3.34. The first-order valence-corrected chi connectivity index (χ1v) is 7.02. The van der Waals surface area contributed by atoms with Gasteiger partial charge in [0.05, 0.1) is 10.1 Å². The molecule has 0 spiro atoms. The Balaban J connectivity index is 1.99. The minimum atomic E-state index is -0.693. The average Bonchev–Trinajstić information content (AvgIpc) is 2.38. The smallest absolute Gasteiger partial charge is 0.150 e.